The number of hydrazine groups is 1. The standard InChI is InChI=1S/C21H17F3N2O2/c22-21(23,24)18-11-4-5-12-19(18)25-26-20(27)16-9-6-10-17(13-16)28-14-15-7-2-1-3-8-15/h1-13,25H,14H2,(H,26,27). The second-order valence-electron chi connectivity index (χ2n) is 5.92. The van der Waals surface area contributed by atoms with Gasteiger partial charge >= 0.3 is 6.18 Å². The summed E-state index contributed by atoms with van der Waals surface area (Å²) >= 11 is 0. The minimum absolute atomic E-state index is 0.236. The van der Waals surface area contributed by atoms with Crippen LogP contribution in [0.25, 0.3) is 0 Å². The van der Waals surface area contributed by atoms with Crippen LogP contribution in [-0.2, 0) is 12.8 Å². The fraction of sp³-hybridized carbons (Fsp3) is 0.0952. The minimum atomic E-state index is -4.53. The van der Waals surface area contributed by atoms with Crippen molar-refractivity contribution < 1.29 is 22.7 Å². The molecule has 0 saturated carbocycles. The van der Waals surface area contributed by atoms with E-state index in [0.29, 0.717) is 12.4 Å². The number of nitrogens with one attached hydrogen (secondary N) is 2. The molecule has 4 nitrogen and oxygen atoms in total. The third-order valence-corrected chi connectivity index (χ3v) is 3.89. The molecular formula is C21H17F3N2O2. The molecule has 0 aromatic heterocycles. The Kier molecular flexibility index (Phi) is 5.84. The van der Waals surface area contributed by atoms with Gasteiger partial charge in [-0.3, -0.25) is 15.6 Å². The summed E-state index contributed by atoms with van der Waals surface area (Å²) in [6.07, 6.45) is -4.53. The second-order valence-corrected chi connectivity index (χ2v) is 5.92. The van der Waals surface area contributed by atoms with E-state index in [1.807, 2.05) is 30.3 Å². The van der Waals surface area contributed by atoms with Gasteiger partial charge in [0.05, 0.1) is 11.3 Å². The maximum Gasteiger partial charge on any atom is 0.418 e. The van der Waals surface area contributed by atoms with Crippen LogP contribution in [-0.4, -0.2) is 5.91 Å². The van der Waals surface area contributed by atoms with Crippen molar-refractivity contribution in [3.63, 3.8) is 0 Å². The lowest BCUT2D eigenvalue weighted by molar-refractivity contribution is -0.137. The molecule has 144 valence electrons. The SMILES string of the molecule is O=C(NNc1ccccc1C(F)(F)F)c1cccc(OCc2ccccc2)c1. The van der Waals surface area contributed by atoms with Crippen LogP contribution in [0.2, 0.25) is 0 Å². The van der Waals surface area contributed by atoms with Gasteiger partial charge in [0, 0.05) is 5.56 Å². The van der Waals surface area contributed by atoms with E-state index < -0.39 is 17.6 Å². The molecule has 3 aromatic rings. The number of anilines is 1. The highest BCUT2D eigenvalue weighted by molar-refractivity contribution is 5.95. The quantitative estimate of drug-likeness (QED) is 0.584. The number of benzene rings is 3. The number of rotatable bonds is 6. The van der Waals surface area contributed by atoms with Crippen molar-refractivity contribution in [1.82, 2.24) is 5.43 Å². The molecule has 0 aliphatic carbocycles. The van der Waals surface area contributed by atoms with Gasteiger partial charge in [-0.1, -0.05) is 48.5 Å². The van der Waals surface area contributed by atoms with Gasteiger partial charge in [0.25, 0.3) is 5.91 Å². The first-order valence-electron chi connectivity index (χ1n) is 8.43. The Labute approximate surface area is 159 Å². The van der Waals surface area contributed by atoms with Gasteiger partial charge in [-0.15, -0.1) is 0 Å². The van der Waals surface area contributed by atoms with Crippen LogP contribution < -0.4 is 15.6 Å². The third kappa shape index (κ3) is 5.03. The summed E-state index contributed by atoms with van der Waals surface area (Å²) in [5, 5.41) is 0. The molecule has 0 unspecified atom stereocenters. The van der Waals surface area contributed by atoms with Gasteiger partial charge in [0.1, 0.15) is 12.4 Å². The highest BCUT2D eigenvalue weighted by Gasteiger charge is 2.33. The van der Waals surface area contributed by atoms with E-state index in [0.717, 1.165) is 11.6 Å². The molecule has 1 amide bonds. The summed E-state index contributed by atoms with van der Waals surface area (Å²) in [5.74, 6) is -0.102. The van der Waals surface area contributed by atoms with E-state index in [1.165, 1.54) is 24.3 Å². The van der Waals surface area contributed by atoms with Gasteiger partial charge in [-0.25, -0.2) is 0 Å². The monoisotopic (exact) mass is 386 g/mol. The molecule has 0 atom stereocenters. The molecular weight excluding hydrogens is 369 g/mol. The van der Waals surface area contributed by atoms with Crippen LogP contribution in [0.15, 0.2) is 78.9 Å². The van der Waals surface area contributed by atoms with Crippen molar-refractivity contribution in [3.8, 4) is 5.75 Å². The highest BCUT2D eigenvalue weighted by atomic mass is 19.4. The topological polar surface area (TPSA) is 50.4 Å². The molecule has 0 saturated heterocycles. The molecule has 0 fully saturated rings. The number of alkyl halides is 3. The second kappa shape index (κ2) is 8.47. The third-order valence-electron chi connectivity index (χ3n) is 3.89. The highest BCUT2D eigenvalue weighted by Crippen LogP contribution is 2.34. The maximum atomic E-state index is 13.0. The zero-order chi connectivity index (χ0) is 20.0. The number of carbonyl (C=O) groups excluding carboxylic acids is 1. The first kappa shape index (κ1) is 19.3. The molecule has 0 heterocycles. The largest absolute Gasteiger partial charge is 0.489 e. The Balaban J connectivity index is 1.64. The average Bonchev–Trinajstić information content (AvgIpc) is 2.71. The Hall–Kier alpha value is -3.48. The van der Waals surface area contributed by atoms with E-state index in [1.54, 1.807) is 18.2 Å². The van der Waals surface area contributed by atoms with Crippen LogP contribution in [0.1, 0.15) is 21.5 Å². The van der Waals surface area contributed by atoms with Crippen molar-refractivity contribution in [1.29, 1.82) is 0 Å². The first-order valence-corrected chi connectivity index (χ1v) is 8.43. The van der Waals surface area contributed by atoms with Crippen molar-refractivity contribution in [3.05, 3.63) is 95.6 Å². The zero-order valence-electron chi connectivity index (χ0n) is 14.7. The maximum absolute atomic E-state index is 13.0. The van der Waals surface area contributed by atoms with Crippen LogP contribution in [0.4, 0.5) is 18.9 Å². The fourth-order valence-electron chi connectivity index (χ4n) is 2.50. The normalized spacial score (nSPS) is 11.0. The summed E-state index contributed by atoms with van der Waals surface area (Å²) in [6.45, 7) is 0.336. The van der Waals surface area contributed by atoms with Gasteiger partial charge in [-0.05, 0) is 35.9 Å². The summed E-state index contributed by atoms with van der Waals surface area (Å²) in [4.78, 5) is 12.3. The molecule has 0 bridgehead atoms. The summed E-state index contributed by atoms with van der Waals surface area (Å²) in [7, 11) is 0. The number of amides is 1. The Morgan fingerprint density at radius 2 is 1.61 bits per heavy atom. The fourth-order valence-corrected chi connectivity index (χ4v) is 2.50. The van der Waals surface area contributed by atoms with Gasteiger partial charge in [-0.2, -0.15) is 13.2 Å². The van der Waals surface area contributed by atoms with Crippen molar-refractivity contribution in [2.75, 3.05) is 5.43 Å². The van der Waals surface area contributed by atoms with E-state index >= 15 is 0 Å². The smallest absolute Gasteiger partial charge is 0.418 e. The average molecular weight is 386 g/mol. The van der Waals surface area contributed by atoms with E-state index in [4.69, 9.17) is 4.74 Å². The van der Waals surface area contributed by atoms with Gasteiger partial charge in [0.2, 0.25) is 0 Å². The number of hydrogen-bond acceptors (Lipinski definition) is 3. The number of para-hydroxylation sites is 1. The lowest BCUT2D eigenvalue weighted by Gasteiger charge is -2.15. The lowest BCUT2D eigenvalue weighted by atomic mass is 10.2. The molecule has 3 rings (SSSR count). The van der Waals surface area contributed by atoms with E-state index in [2.05, 4.69) is 10.9 Å². The molecule has 2 N–H and O–H groups in total. The van der Waals surface area contributed by atoms with Crippen molar-refractivity contribution in [2.45, 2.75) is 12.8 Å². The van der Waals surface area contributed by atoms with Crippen molar-refractivity contribution >= 4 is 11.6 Å². The van der Waals surface area contributed by atoms with Gasteiger partial charge in [0.15, 0.2) is 0 Å². The van der Waals surface area contributed by atoms with Crippen LogP contribution in [0.5, 0.6) is 5.75 Å². The Bertz CT molecular complexity index is 944. The number of carbonyl (C=O) groups is 1. The Morgan fingerprint density at radius 3 is 2.36 bits per heavy atom. The summed E-state index contributed by atoms with van der Waals surface area (Å²) < 4.78 is 44.7. The molecule has 0 spiro atoms. The van der Waals surface area contributed by atoms with Crippen LogP contribution in [0.3, 0.4) is 0 Å². The molecule has 3 aromatic carbocycles. The molecule has 7 heteroatoms. The lowest BCUT2D eigenvalue weighted by Crippen LogP contribution is -2.30. The zero-order valence-corrected chi connectivity index (χ0v) is 14.7. The molecule has 28 heavy (non-hydrogen) atoms. The summed E-state index contributed by atoms with van der Waals surface area (Å²) in [6, 6.07) is 20.8. The molecule has 0 aliphatic rings. The Morgan fingerprint density at radius 1 is 0.893 bits per heavy atom. The molecule has 0 aliphatic heterocycles. The van der Waals surface area contributed by atoms with Gasteiger partial charge < -0.3 is 4.74 Å². The first-order chi connectivity index (χ1) is 13.4. The van der Waals surface area contributed by atoms with Crippen LogP contribution >= 0.6 is 0 Å². The predicted molar refractivity (Wildman–Crippen MR) is 99.7 cm³/mol. The van der Waals surface area contributed by atoms with E-state index in [-0.39, 0.29) is 11.3 Å². The molecule has 0 radical (unpaired) electrons. The van der Waals surface area contributed by atoms with Crippen LogP contribution in [0, 0.1) is 0 Å². The van der Waals surface area contributed by atoms with E-state index in [9.17, 15) is 18.0 Å². The number of hydrogen-bond donors (Lipinski definition) is 2. The summed E-state index contributed by atoms with van der Waals surface area (Å²) in [5.41, 5.74) is 4.74. The minimum Gasteiger partial charge on any atom is -0.489 e. The predicted octanol–water partition coefficient (Wildman–Crippen LogP) is 5.04. The number of ether oxygens (including phenoxy) is 1. The van der Waals surface area contributed by atoms with Crippen molar-refractivity contribution in [2.24, 2.45) is 0 Å². The number of halogens is 3.